The maximum absolute atomic E-state index is 10.7. The summed E-state index contributed by atoms with van der Waals surface area (Å²) in [5, 5.41) is 38.1. The van der Waals surface area contributed by atoms with Crippen molar-refractivity contribution in [1.29, 1.82) is 0 Å². The van der Waals surface area contributed by atoms with Gasteiger partial charge in [-0.15, -0.1) is 0 Å². The molecule has 2 aromatic carbocycles. The van der Waals surface area contributed by atoms with E-state index in [2.05, 4.69) is 27.0 Å². The van der Waals surface area contributed by atoms with Crippen LogP contribution in [0.3, 0.4) is 0 Å². The third kappa shape index (κ3) is 20.5. The monoisotopic (exact) mass is 442 g/mol. The minimum atomic E-state index is -1.18. The van der Waals surface area contributed by atoms with Gasteiger partial charge in [-0.2, -0.15) is 0 Å². The number of aromatic carboxylic acids is 2. The average molecular weight is 442 g/mol. The van der Waals surface area contributed by atoms with E-state index in [1.807, 2.05) is 0 Å². The van der Waals surface area contributed by atoms with Gasteiger partial charge in [0.25, 0.3) is 0 Å². The summed E-state index contributed by atoms with van der Waals surface area (Å²) in [6, 6.07) is 11.1. The number of hydrogen-bond donors (Lipinski definition) is 2. The average Bonchev–Trinajstić information content (AvgIpc) is 2.57. The van der Waals surface area contributed by atoms with E-state index in [4.69, 9.17) is 10.2 Å². The molecule has 0 fully saturated rings. The van der Waals surface area contributed by atoms with Crippen molar-refractivity contribution in [1.82, 2.24) is 0 Å². The smallest absolute Gasteiger partial charge is 0.872 e. The molecular weight excluding hydrogens is 422 g/mol. The van der Waals surface area contributed by atoms with Crippen molar-refractivity contribution in [2.45, 2.75) is 0 Å². The maximum Gasteiger partial charge on any atom is 2.00 e. The Morgan fingerprint density at radius 2 is 0.966 bits per heavy atom. The Hall–Kier alpha value is -0.540. The van der Waals surface area contributed by atoms with E-state index in [0.717, 1.165) is 0 Å². The number of benzene rings is 2. The van der Waals surface area contributed by atoms with Crippen LogP contribution >= 0.6 is 0 Å². The Labute approximate surface area is 245 Å². The number of allylic oxidation sites excluding steroid dienone is 2. The molecule has 0 aliphatic heterocycles. The molecule has 29 heavy (non-hydrogen) atoms. The van der Waals surface area contributed by atoms with Gasteiger partial charge in [0.05, 0.1) is 11.1 Å². The molecule has 0 spiro atoms. The first-order valence-corrected chi connectivity index (χ1v) is 7.05. The first kappa shape index (κ1) is 39.0. The summed E-state index contributed by atoms with van der Waals surface area (Å²) in [6.07, 6.45) is 3.00. The van der Waals surface area contributed by atoms with Crippen LogP contribution in [0.25, 0.3) is 0 Å². The van der Waals surface area contributed by atoms with Crippen LogP contribution in [0.15, 0.2) is 73.8 Å². The Kier molecular flexibility index (Phi) is 34.3. The number of hydrogen-bond acceptors (Lipinski definition) is 4. The molecule has 0 heterocycles. The fraction of sp³-hybridized carbons (Fsp3) is 0. The van der Waals surface area contributed by atoms with E-state index in [0.29, 0.717) is 0 Å². The molecule has 9 heteroatoms. The summed E-state index contributed by atoms with van der Waals surface area (Å²) >= 11 is 0. The Bertz CT molecular complexity index is 662. The molecule has 0 saturated heterocycles. The Morgan fingerprint density at radius 1 is 0.759 bits per heavy atom. The normalized spacial score (nSPS) is 7.17. The zero-order valence-corrected chi connectivity index (χ0v) is 23.0. The standard InChI is InChI=1S/2C7H6O3.2C3H5.Ca.2Na/c2*8-6-4-2-1-3-5(6)7(9)10;2*1-3-2;;;/h2*1-4,8H,(H,9,10);2*3H,1-2H2;;;/q;;2*-1;+2;2*+1/p-2. The molecule has 0 aliphatic rings. The van der Waals surface area contributed by atoms with Crippen molar-refractivity contribution in [2.75, 3.05) is 0 Å². The van der Waals surface area contributed by atoms with Crippen molar-refractivity contribution in [2.24, 2.45) is 0 Å². The summed E-state index contributed by atoms with van der Waals surface area (Å²) in [4.78, 5) is 20.4. The largest absolute Gasteiger partial charge is 2.00 e. The summed E-state index contributed by atoms with van der Waals surface area (Å²) in [7, 11) is 0. The summed E-state index contributed by atoms with van der Waals surface area (Å²) in [5.74, 6) is -3.25. The summed E-state index contributed by atoms with van der Waals surface area (Å²) < 4.78 is 0. The molecule has 2 N–H and O–H groups in total. The van der Waals surface area contributed by atoms with E-state index in [-0.39, 0.29) is 108 Å². The number of carboxylic acid groups (broad SMARTS) is 2. The third-order valence-electron chi connectivity index (χ3n) is 2.23. The molecule has 140 valence electrons. The van der Waals surface area contributed by atoms with E-state index < -0.39 is 23.4 Å². The van der Waals surface area contributed by atoms with Gasteiger partial charge >= 0.3 is 109 Å². The van der Waals surface area contributed by atoms with Crippen LogP contribution in [0.2, 0.25) is 0 Å². The first-order chi connectivity index (χ1) is 12.3. The van der Waals surface area contributed by atoms with Crippen molar-refractivity contribution < 1.29 is 89.1 Å². The van der Waals surface area contributed by atoms with Gasteiger partial charge in [0.2, 0.25) is 0 Å². The van der Waals surface area contributed by atoms with Crippen molar-refractivity contribution in [3.63, 3.8) is 0 Å². The van der Waals surface area contributed by atoms with Gasteiger partial charge in [-0.3, -0.25) is 0 Å². The number of para-hydroxylation sites is 2. The second-order valence-electron chi connectivity index (χ2n) is 4.18. The van der Waals surface area contributed by atoms with Gasteiger partial charge in [-0.1, -0.05) is 47.9 Å². The van der Waals surface area contributed by atoms with Gasteiger partial charge in [0, 0.05) is 0 Å². The molecule has 6 nitrogen and oxygen atoms in total. The molecule has 2 aromatic rings. The molecule has 0 aliphatic carbocycles. The molecule has 2 rings (SSSR count). The van der Waals surface area contributed by atoms with E-state index in [1.54, 1.807) is 0 Å². The minimum Gasteiger partial charge on any atom is -0.872 e. The molecule has 0 saturated carbocycles. The van der Waals surface area contributed by atoms with Crippen LogP contribution in [-0.2, 0) is 0 Å². The van der Waals surface area contributed by atoms with Gasteiger partial charge in [-0.05, 0) is 12.1 Å². The van der Waals surface area contributed by atoms with Crippen LogP contribution in [-0.4, -0.2) is 59.9 Å². The van der Waals surface area contributed by atoms with Crippen LogP contribution in [0.4, 0.5) is 0 Å². The number of carboxylic acids is 2. The molecule has 0 atom stereocenters. The predicted molar refractivity (Wildman–Crippen MR) is 103 cm³/mol. The van der Waals surface area contributed by atoms with Crippen molar-refractivity contribution >= 4 is 49.7 Å². The second-order valence-corrected chi connectivity index (χ2v) is 4.18. The minimum absolute atomic E-state index is 0. The van der Waals surface area contributed by atoms with Crippen LogP contribution < -0.4 is 69.3 Å². The molecule has 0 aromatic heterocycles. The first-order valence-electron chi connectivity index (χ1n) is 7.05. The second kappa shape index (κ2) is 25.5. The van der Waals surface area contributed by atoms with Crippen LogP contribution in [0.1, 0.15) is 20.7 Å². The van der Waals surface area contributed by atoms with E-state index in [1.165, 1.54) is 60.7 Å². The fourth-order valence-corrected chi connectivity index (χ4v) is 1.29. The predicted octanol–water partition coefficient (Wildman–Crippen LogP) is -3.44. The van der Waals surface area contributed by atoms with Crippen molar-refractivity contribution in [3.05, 3.63) is 98.8 Å². The number of carbonyl (C=O) groups is 2. The maximum atomic E-state index is 10.7. The molecule has 0 bridgehead atoms. The zero-order valence-electron chi connectivity index (χ0n) is 16.8. The SMILES string of the molecule is C=C[CH2-].C=C[CH2-].O=C(O)c1ccccc1[O-].O=C(O)c1ccccc1[O-].[Ca+2].[Na+].[Na+]. The summed E-state index contributed by atoms with van der Waals surface area (Å²) in [5.41, 5.74) is -0.356. The van der Waals surface area contributed by atoms with Gasteiger partial charge in [-0.25, -0.2) is 48.7 Å². The van der Waals surface area contributed by atoms with Gasteiger partial charge in [0.15, 0.2) is 0 Å². The molecule has 0 radical (unpaired) electrons. The third-order valence-corrected chi connectivity index (χ3v) is 2.23. The number of rotatable bonds is 2. The van der Waals surface area contributed by atoms with Crippen molar-refractivity contribution in [3.8, 4) is 11.5 Å². The van der Waals surface area contributed by atoms with Gasteiger partial charge in [0.1, 0.15) is 0 Å². The molecule has 0 amide bonds. The fourth-order valence-electron chi connectivity index (χ4n) is 1.29. The Morgan fingerprint density at radius 3 is 1.10 bits per heavy atom. The molecular formula is C20H20CaNa2O6. The van der Waals surface area contributed by atoms with Gasteiger partial charge < -0.3 is 20.4 Å². The van der Waals surface area contributed by atoms with Crippen LogP contribution in [0.5, 0.6) is 11.5 Å². The Balaban J connectivity index is -0.0000000965. The summed E-state index contributed by atoms with van der Waals surface area (Å²) in [6.45, 7) is 13.0. The van der Waals surface area contributed by atoms with E-state index >= 15 is 0 Å². The van der Waals surface area contributed by atoms with E-state index in [9.17, 15) is 19.8 Å². The quantitative estimate of drug-likeness (QED) is 0.369. The van der Waals surface area contributed by atoms with Crippen LogP contribution in [0, 0.1) is 13.8 Å². The zero-order chi connectivity index (χ0) is 20.5. The topological polar surface area (TPSA) is 121 Å². The molecule has 0 unspecified atom stereocenters.